The smallest absolute Gasteiger partial charge is 0.222 e. The molecule has 0 saturated carbocycles. The minimum atomic E-state index is -0.446. The summed E-state index contributed by atoms with van der Waals surface area (Å²) in [6.07, 6.45) is 0.373. The summed E-state index contributed by atoms with van der Waals surface area (Å²) in [5, 5.41) is 25.4. The average molecular weight is 607 g/mol. The van der Waals surface area contributed by atoms with Gasteiger partial charge in [-0.05, 0) is 61.4 Å². The number of fused-ring (bicyclic) bond motifs is 3. The number of hydrogen-bond acceptors (Lipinski definition) is 9. The molecule has 1 saturated heterocycles. The molecule has 12 heteroatoms. The van der Waals surface area contributed by atoms with E-state index in [1.165, 1.54) is 12.1 Å². The zero-order valence-electron chi connectivity index (χ0n) is 23.9. The molecule has 2 amide bonds. The van der Waals surface area contributed by atoms with Gasteiger partial charge in [-0.2, -0.15) is 0 Å². The molecule has 43 heavy (non-hydrogen) atoms. The molecule has 226 valence electrons. The molecule has 5 rings (SSSR count). The highest BCUT2D eigenvalue weighted by Gasteiger charge is 2.40. The number of hydrazine groups is 1. The van der Waals surface area contributed by atoms with E-state index in [2.05, 4.69) is 26.4 Å². The van der Waals surface area contributed by atoms with Crippen LogP contribution in [-0.4, -0.2) is 66.3 Å². The molecule has 2 heterocycles. The maximum atomic E-state index is 13.1. The van der Waals surface area contributed by atoms with E-state index in [0.717, 1.165) is 28.1 Å². The Morgan fingerprint density at radius 1 is 0.977 bits per heavy atom. The van der Waals surface area contributed by atoms with Crippen LogP contribution in [0.1, 0.15) is 36.5 Å². The fourth-order valence-electron chi connectivity index (χ4n) is 5.32. The summed E-state index contributed by atoms with van der Waals surface area (Å²) in [5.74, 6) is -0.0933. The molecule has 2 aliphatic rings. The highest BCUT2D eigenvalue weighted by Crippen LogP contribution is 2.36. The Hall–Kier alpha value is -4.32. The van der Waals surface area contributed by atoms with Crippen LogP contribution in [0, 0.1) is 0 Å². The molecule has 11 nitrogen and oxygen atoms in total. The first-order chi connectivity index (χ1) is 20.7. The van der Waals surface area contributed by atoms with E-state index in [9.17, 15) is 19.8 Å². The summed E-state index contributed by atoms with van der Waals surface area (Å²) < 4.78 is 5.53. The van der Waals surface area contributed by atoms with Gasteiger partial charge >= 0.3 is 0 Å². The predicted molar refractivity (Wildman–Crippen MR) is 165 cm³/mol. The summed E-state index contributed by atoms with van der Waals surface area (Å²) in [5.41, 5.74) is 10.8. The molecule has 0 radical (unpaired) electrons. The third-order valence-electron chi connectivity index (χ3n) is 7.52. The fourth-order valence-corrected chi connectivity index (χ4v) is 5.45. The third kappa shape index (κ3) is 7.02. The van der Waals surface area contributed by atoms with Crippen LogP contribution in [0.4, 0.5) is 5.69 Å². The normalized spacial score (nSPS) is 19.1. The van der Waals surface area contributed by atoms with Crippen molar-refractivity contribution >= 4 is 34.8 Å². The molecule has 0 spiro atoms. The van der Waals surface area contributed by atoms with E-state index in [0.29, 0.717) is 17.2 Å². The van der Waals surface area contributed by atoms with Crippen LogP contribution in [-0.2, 0) is 16.0 Å². The number of aromatic hydroxyl groups is 2. The quantitative estimate of drug-likeness (QED) is 0.153. The van der Waals surface area contributed by atoms with Gasteiger partial charge in [0.1, 0.15) is 11.9 Å². The van der Waals surface area contributed by atoms with Crippen molar-refractivity contribution in [3.05, 3.63) is 82.4 Å². The molecule has 0 aliphatic carbocycles. The number of nitrogens with zero attached hydrogens (tertiary/aromatic N) is 2. The first-order valence-electron chi connectivity index (χ1n) is 14.1. The zero-order chi connectivity index (χ0) is 30.5. The molecule has 3 atom stereocenters. The fraction of sp³-hybridized carbons (Fsp3) is 0.323. The van der Waals surface area contributed by atoms with Gasteiger partial charge in [0.15, 0.2) is 11.5 Å². The predicted octanol–water partition coefficient (Wildman–Crippen LogP) is 2.82. The standard InChI is InChI=1S/C31H35ClN6O5/c1-18-36-37-31-24(17-29(42)34-14-13-33-28(41)12-4-19-3-11-26(39)27(40)15-19)35-30(20-5-7-21(32)8-6-20)23-16-22(43-2)9-10-25(23)38(18)31/h3,5-11,15-16,18,24,31,36-37,39-40H,4,12-14,17H2,1-2H3,(H,33,41)(H,34,42)/t18?,24-,31?/m0/s1. The monoisotopic (exact) mass is 606 g/mol. The van der Waals surface area contributed by atoms with E-state index in [1.54, 1.807) is 13.2 Å². The Labute approximate surface area is 254 Å². The largest absolute Gasteiger partial charge is 0.504 e. The first kappa shape index (κ1) is 30.1. The van der Waals surface area contributed by atoms with Crippen LogP contribution in [0.15, 0.2) is 65.7 Å². The Balaban J connectivity index is 1.25. The second-order valence-corrected chi connectivity index (χ2v) is 10.9. The van der Waals surface area contributed by atoms with Gasteiger partial charge < -0.3 is 30.5 Å². The van der Waals surface area contributed by atoms with Crippen molar-refractivity contribution in [1.29, 1.82) is 0 Å². The number of rotatable bonds is 10. The Morgan fingerprint density at radius 2 is 1.72 bits per heavy atom. The van der Waals surface area contributed by atoms with Gasteiger partial charge in [-0.3, -0.25) is 14.6 Å². The maximum absolute atomic E-state index is 13.1. The molecule has 6 N–H and O–H groups in total. The lowest BCUT2D eigenvalue weighted by atomic mass is 9.99. The Morgan fingerprint density at radius 3 is 2.44 bits per heavy atom. The molecule has 1 fully saturated rings. The van der Waals surface area contributed by atoms with E-state index in [1.807, 2.05) is 49.4 Å². The lowest BCUT2D eigenvalue weighted by Gasteiger charge is -2.31. The number of phenols is 2. The SMILES string of the molecule is COc1ccc2c(c1)C(c1ccc(Cl)cc1)=N[C@@H](CC(=O)NCCNC(=O)CCc1ccc(O)c(O)c1)C1NNC(C)N21. The maximum Gasteiger partial charge on any atom is 0.222 e. The number of aliphatic imine (C=N–C) groups is 1. The Bertz CT molecular complexity index is 1520. The molecule has 3 aromatic carbocycles. The Kier molecular flexibility index (Phi) is 9.34. The topological polar surface area (TPSA) is 148 Å². The van der Waals surface area contributed by atoms with E-state index >= 15 is 0 Å². The number of methoxy groups -OCH3 is 1. The summed E-state index contributed by atoms with van der Waals surface area (Å²) in [7, 11) is 1.62. The number of ether oxygens (including phenoxy) is 1. The van der Waals surface area contributed by atoms with Crippen LogP contribution < -0.4 is 31.1 Å². The minimum absolute atomic E-state index is 0.0665. The van der Waals surface area contributed by atoms with Crippen LogP contribution in [0.2, 0.25) is 5.02 Å². The lowest BCUT2D eigenvalue weighted by molar-refractivity contribution is -0.123. The molecule has 2 aliphatic heterocycles. The number of halogens is 1. The second-order valence-electron chi connectivity index (χ2n) is 10.5. The lowest BCUT2D eigenvalue weighted by Crippen LogP contribution is -2.48. The highest BCUT2D eigenvalue weighted by molar-refractivity contribution is 6.30. The van der Waals surface area contributed by atoms with Crippen molar-refractivity contribution in [2.45, 2.75) is 44.6 Å². The van der Waals surface area contributed by atoms with Gasteiger partial charge in [-0.15, -0.1) is 0 Å². The van der Waals surface area contributed by atoms with Crippen molar-refractivity contribution in [3.8, 4) is 17.2 Å². The minimum Gasteiger partial charge on any atom is -0.504 e. The molecule has 0 aromatic heterocycles. The van der Waals surface area contributed by atoms with Gasteiger partial charge in [0, 0.05) is 41.3 Å². The number of benzene rings is 3. The number of nitrogens with one attached hydrogen (secondary N) is 4. The molecular formula is C31H35ClN6O5. The summed E-state index contributed by atoms with van der Waals surface area (Å²) >= 11 is 6.18. The number of carbonyl (C=O) groups is 2. The summed E-state index contributed by atoms with van der Waals surface area (Å²) in [4.78, 5) is 32.7. The zero-order valence-corrected chi connectivity index (χ0v) is 24.7. The van der Waals surface area contributed by atoms with Gasteiger partial charge in [0.05, 0.1) is 31.4 Å². The molecule has 0 bridgehead atoms. The number of anilines is 1. The summed E-state index contributed by atoms with van der Waals surface area (Å²) in [6.45, 7) is 2.57. The van der Waals surface area contributed by atoms with Gasteiger partial charge in [0.25, 0.3) is 0 Å². The van der Waals surface area contributed by atoms with Crippen molar-refractivity contribution < 1.29 is 24.5 Å². The van der Waals surface area contributed by atoms with Crippen LogP contribution in [0.25, 0.3) is 0 Å². The van der Waals surface area contributed by atoms with E-state index < -0.39 is 6.04 Å². The van der Waals surface area contributed by atoms with Crippen LogP contribution >= 0.6 is 11.6 Å². The van der Waals surface area contributed by atoms with Gasteiger partial charge in [-0.1, -0.05) is 29.8 Å². The van der Waals surface area contributed by atoms with Gasteiger partial charge in [-0.25, -0.2) is 10.9 Å². The number of amides is 2. The highest BCUT2D eigenvalue weighted by atomic mass is 35.5. The van der Waals surface area contributed by atoms with Crippen molar-refractivity contribution in [1.82, 2.24) is 21.5 Å². The molecule has 2 unspecified atom stereocenters. The van der Waals surface area contributed by atoms with Crippen molar-refractivity contribution in [2.75, 3.05) is 25.1 Å². The van der Waals surface area contributed by atoms with E-state index in [4.69, 9.17) is 21.3 Å². The first-order valence-corrected chi connectivity index (χ1v) is 14.5. The third-order valence-corrected chi connectivity index (χ3v) is 7.77. The molecular weight excluding hydrogens is 572 g/mol. The van der Waals surface area contributed by atoms with Gasteiger partial charge in [0.2, 0.25) is 11.8 Å². The van der Waals surface area contributed by atoms with Crippen LogP contribution in [0.3, 0.4) is 0 Å². The average Bonchev–Trinajstić information content (AvgIpc) is 3.32. The van der Waals surface area contributed by atoms with Crippen molar-refractivity contribution in [3.63, 3.8) is 0 Å². The number of hydrogen-bond donors (Lipinski definition) is 6. The second kappa shape index (κ2) is 13.3. The number of carbonyl (C=O) groups excluding carboxylic acids is 2. The van der Waals surface area contributed by atoms with Crippen LogP contribution in [0.5, 0.6) is 17.2 Å². The molecule has 3 aromatic rings. The van der Waals surface area contributed by atoms with Crippen molar-refractivity contribution in [2.24, 2.45) is 4.99 Å². The summed E-state index contributed by atoms with van der Waals surface area (Å²) in [6, 6.07) is 17.4. The van der Waals surface area contributed by atoms with E-state index in [-0.39, 0.29) is 61.6 Å². The number of aryl methyl sites for hydroxylation is 1. The number of phenolic OH excluding ortho intramolecular Hbond substituents is 2.